The Labute approximate surface area is 161 Å². The molecule has 1 heterocycles. The minimum atomic E-state index is -1.70. The molecule has 1 aliphatic heterocycles. The molecule has 4 unspecified atom stereocenters. The Bertz CT molecular complexity index is 672. The number of amides is 1. The number of aromatic hydroxyl groups is 1. The molecule has 156 valence electrons. The summed E-state index contributed by atoms with van der Waals surface area (Å²) in [6.45, 7) is 0.303. The standard InChI is InChI=1S/C18H26N2O8/c19-11-5-9(16(25)20-7-8-1-3-10(21)4-2-8)6-12(11)27-18-15(24)13(22)14(23)17(26)28-18/h1-4,9,11-15,17-18,21-24,26H,5-7,19H2,(H,20,25)/t9-,11+,12?,13?,14+,15?,17?,18+/m1/s1. The second kappa shape index (κ2) is 8.70. The molecule has 1 saturated carbocycles. The van der Waals surface area contributed by atoms with Gasteiger partial charge in [0.15, 0.2) is 12.6 Å². The number of carbonyl (C=O) groups is 1. The quantitative estimate of drug-likeness (QED) is 0.293. The summed E-state index contributed by atoms with van der Waals surface area (Å²) in [4.78, 5) is 12.4. The van der Waals surface area contributed by atoms with Crippen molar-refractivity contribution in [1.82, 2.24) is 5.32 Å². The van der Waals surface area contributed by atoms with Crippen LogP contribution in [0.15, 0.2) is 24.3 Å². The Kier molecular flexibility index (Phi) is 6.50. The number of phenols is 1. The predicted octanol–water partition coefficient (Wildman–Crippen LogP) is -2.11. The van der Waals surface area contributed by atoms with Crippen molar-refractivity contribution in [3.8, 4) is 5.75 Å². The van der Waals surface area contributed by atoms with Crippen LogP contribution in [0.1, 0.15) is 18.4 Å². The number of aliphatic hydroxyl groups excluding tert-OH is 4. The van der Waals surface area contributed by atoms with E-state index in [1.165, 1.54) is 12.1 Å². The van der Waals surface area contributed by atoms with Crippen LogP contribution >= 0.6 is 0 Å². The summed E-state index contributed by atoms with van der Waals surface area (Å²) in [5.74, 6) is -0.458. The molecule has 10 nitrogen and oxygen atoms in total. The number of hydrogen-bond donors (Lipinski definition) is 7. The van der Waals surface area contributed by atoms with Crippen LogP contribution in [0.4, 0.5) is 0 Å². The lowest BCUT2D eigenvalue weighted by atomic mass is 10.0. The molecule has 0 spiro atoms. The zero-order valence-corrected chi connectivity index (χ0v) is 15.1. The summed E-state index contributed by atoms with van der Waals surface area (Å²) in [6, 6.07) is 5.98. The molecule has 1 aromatic carbocycles. The van der Waals surface area contributed by atoms with Gasteiger partial charge in [-0.1, -0.05) is 12.1 Å². The third kappa shape index (κ3) is 4.61. The van der Waals surface area contributed by atoms with E-state index in [1.807, 2.05) is 0 Å². The van der Waals surface area contributed by atoms with Gasteiger partial charge in [-0.3, -0.25) is 4.79 Å². The van der Waals surface area contributed by atoms with E-state index in [-0.39, 0.29) is 18.1 Å². The fourth-order valence-electron chi connectivity index (χ4n) is 3.46. The van der Waals surface area contributed by atoms with Crippen LogP contribution in [-0.4, -0.2) is 74.5 Å². The molecule has 0 aromatic heterocycles. The molecule has 1 aromatic rings. The van der Waals surface area contributed by atoms with Crippen LogP contribution in [0.5, 0.6) is 5.75 Å². The van der Waals surface area contributed by atoms with Crippen LogP contribution < -0.4 is 11.1 Å². The van der Waals surface area contributed by atoms with E-state index in [9.17, 15) is 30.3 Å². The number of rotatable bonds is 5. The number of nitrogens with one attached hydrogen (secondary N) is 1. The van der Waals surface area contributed by atoms with Crippen molar-refractivity contribution in [1.29, 1.82) is 0 Å². The fourth-order valence-corrected chi connectivity index (χ4v) is 3.46. The van der Waals surface area contributed by atoms with Gasteiger partial charge in [0.25, 0.3) is 0 Å². The highest BCUT2D eigenvalue weighted by Gasteiger charge is 2.46. The first-order valence-electron chi connectivity index (χ1n) is 9.10. The fraction of sp³-hybridized carbons (Fsp3) is 0.611. The summed E-state index contributed by atoms with van der Waals surface area (Å²) >= 11 is 0. The van der Waals surface area contributed by atoms with Crippen LogP contribution in [-0.2, 0) is 20.8 Å². The van der Waals surface area contributed by atoms with E-state index in [0.29, 0.717) is 13.0 Å². The molecule has 2 fully saturated rings. The molecule has 3 rings (SSSR count). The highest BCUT2D eigenvalue weighted by molar-refractivity contribution is 5.79. The zero-order valence-electron chi connectivity index (χ0n) is 15.1. The molecule has 1 aliphatic carbocycles. The van der Waals surface area contributed by atoms with E-state index in [1.54, 1.807) is 12.1 Å². The summed E-state index contributed by atoms with van der Waals surface area (Å²) in [6.07, 6.45) is -7.89. The predicted molar refractivity (Wildman–Crippen MR) is 94.4 cm³/mol. The Morgan fingerprint density at radius 1 is 1.11 bits per heavy atom. The monoisotopic (exact) mass is 398 g/mol. The minimum Gasteiger partial charge on any atom is -0.508 e. The average molecular weight is 398 g/mol. The molecular weight excluding hydrogens is 372 g/mol. The lowest BCUT2D eigenvalue weighted by molar-refractivity contribution is -0.348. The van der Waals surface area contributed by atoms with E-state index < -0.39 is 49.0 Å². The lowest BCUT2D eigenvalue weighted by Gasteiger charge is -2.39. The first kappa shape index (κ1) is 20.9. The van der Waals surface area contributed by atoms with Crippen molar-refractivity contribution in [2.24, 2.45) is 11.7 Å². The molecule has 2 aliphatic rings. The third-order valence-corrected chi connectivity index (χ3v) is 5.18. The molecule has 1 amide bonds. The van der Waals surface area contributed by atoms with Crippen molar-refractivity contribution in [3.05, 3.63) is 29.8 Å². The van der Waals surface area contributed by atoms with E-state index >= 15 is 0 Å². The van der Waals surface area contributed by atoms with Gasteiger partial charge in [0.1, 0.15) is 24.1 Å². The van der Waals surface area contributed by atoms with Gasteiger partial charge in [-0.05, 0) is 30.5 Å². The molecule has 10 heteroatoms. The number of benzene rings is 1. The van der Waals surface area contributed by atoms with Crippen LogP contribution in [0.25, 0.3) is 0 Å². The number of carbonyl (C=O) groups excluding carboxylic acids is 1. The van der Waals surface area contributed by atoms with E-state index in [4.69, 9.17) is 15.2 Å². The summed E-state index contributed by atoms with van der Waals surface area (Å²) in [5.41, 5.74) is 6.88. The second-order valence-corrected chi connectivity index (χ2v) is 7.26. The van der Waals surface area contributed by atoms with Gasteiger partial charge in [-0.15, -0.1) is 0 Å². The van der Waals surface area contributed by atoms with Gasteiger partial charge in [0.05, 0.1) is 6.10 Å². The van der Waals surface area contributed by atoms with Gasteiger partial charge in [0.2, 0.25) is 5.91 Å². The molecule has 8 atom stereocenters. The van der Waals surface area contributed by atoms with Gasteiger partial charge in [0, 0.05) is 18.5 Å². The molecule has 0 radical (unpaired) electrons. The maximum atomic E-state index is 12.4. The smallest absolute Gasteiger partial charge is 0.223 e. The van der Waals surface area contributed by atoms with Crippen molar-refractivity contribution < 1.29 is 39.8 Å². The minimum absolute atomic E-state index is 0.145. The second-order valence-electron chi connectivity index (χ2n) is 7.26. The first-order chi connectivity index (χ1) is 13.3. The molecule has 1 saturated heterocycles. The maximum Gasteiger partial charge on any atom is 0.223 e. The Morgan fingerprint density at radius 2 is 1.79 bits per heavy atom. The maximum absolute atomic E-state index is 12.4. The molecular formula is C18H26N2O8. The van der Waals surface area contributed by atoms with Crippen LogP contribution in [0.3, 0.4) is 0 Å². The molecule has 8 N–H and O–H groups in total. The van der Waals surface area contributed by atoms with Crippen LogP contribution in [0.2, 0.25) is 0 Å². The third-order valence-electron chi connectivity index (χ3n) is 5.18. The highest BCUT2D eigenvalue weighted by atomic mass is 16.7. The summed E-state index contributed by atoms with van der Waals surface area (Å²) in [7, 11) is 0. The summed E-state index contributed by atoms with van der Waals surface area (Å²) in [5, 5.41) is 50.9. The Balaban J connectivity index is 1.52. The van der Waals surface area contributed by atoms with E-state index in [2.05, 4.69) is 5.32 Å². The largest absolute Gasteiger partial charge is 0.508 e. The average Bonchev–Trinajstić information content (AvgIpc) is 3.04. The van der Waals surface area contributed by atoms with Gasteiger partial charge >= 0.3 is 0 Å². The Morgan fingerprint density at radius 3 is 2.46 bits per heavy atom. The van der Waals surface area contributed by atoms with Crippen molar-refractivity contribution in [2.45, 2.75) is 62.4 Å². The number of aliphatic hydroxyl groups is 4. The summed E-state index contributed by atoms with van der Waals surface area (Å²) < 4.78 is 10.6. The van der Waals surface area contributed by atoms with Crippen molar-refractivity contribution >= 4 is 5.91 Å². The number of ether oxygens (including phenoxy) is 2. The van der Waals surface area contributed by atoms with Crippen molar-refractivity contribution in [3.63, 3.8) is 0 Å². The SMILES string of the molecule is N[C@H]1C[C@@H](C(=O)NCc2ccc(O)cc2)CC1O[C@H]1OC(O)[C@@H](O)C(O)C1O. The lowest BCUT2D eigenvalue weighted by Crippen LogP contribution is -2.59. The Hall–Kier alpha value is -1.79. The molecule has 0 bridgehead atoms. The van der Waals surface area contributed by atoms with Gasteiger partial charge < -0.3 is 46.1 Å². The normalized spacial score (nSPS) is 38.3. The highest BCUT2D eigenvalue weighted by Crippen LogP contribution is 2.31. The number of phenolic OH excluding ortho intramolecular Hbond substituents is 1. The zero-order chi connectivity index (χ0) is 20.4. The number of nitrogens with two attached hydrogens (primary N) is 1. The van der Waals surface area contributed by atoms with Gasteiger partial charge in [-0.2, -0.15) is 0 Å². The topological polar surface area (TPSA) is 175 Å². The molecule has 28 heavy (non-hydrogen) atoms. The number of hydrogen-bond acceptors (Lipinski definition) is 9. The van der Waals surface area contributed by atoms with Crippen molar-refractivity contribution in [2.75, 3.05) is 0 Å². The van der Waals surface area contributed by atoms with Gasteiger partial charge in [-0.25, -0.2) is 0 Å². The first-order valence-corrected chi connectivity index (χ1v) is 9.10. The van der Waals surface area contributed by atoms with E-state index in [0.717, 1.165) is 5.56 Å². The van der Waals surface area contributed by atoms with Crippen LogP contribution in [0, 0.1) is 5.92 Å².